The fourth-order valence-corrected chi connectivity index (χ4v) is 4.64. The Hall–Kier alpha value is -4.47. The van der Waals surface area contributed by atoms with Gasteiger partial charge in [-0.15, -0.1) is 10.2 Å². The van der Waals surface area contributed by atoms with Crippen LogP contribution in [0.4, 0.5) is 18.9 Å². The van der Waals surface area contributed by atoms with E-state index in [0.29, 0.717) is 30.4 Å². The summed E-state index contributed by atoms with van der Waals surface area (Å²) in [7, 11) is 0. The van der Waals surface area contributed by atoms with Crippen LogP contribution in [0, 0.1) is 17.5 Å². The molecule has 4 aromatic rings. The van der Waals surface area contributed by atoms with Crippen molar-refractivity contribution in [3.8, 4) is 5.69 Å². The van der Waals surface area contributed by atoms with Gasteiger partial charge in [-0.25, -0.2) is 13.2 Å². The highest BCUT2D eigenvalue weighted by atomic mass is 19.2. The number of hydrogen-bond acceptors (Lipinski definition) is 4. The van der Waals surface area contributed by atoms with E-state index in [4.69, 9.17) is 0 Å². The number of carbonyl (C=O) groups excluding carboxylic acids is 2. The van der Waals surface area contributed by atoms with Crippen LogP contribution >= 0.6 is 0 Å². The lowest BCUT2D eigenvalue weighted by atomic mass is 9.89. The summed E-state index contributed by atoms with van der Waals surface area (Å²) in [6.45, 7) is 1.25. The van der Waals surface area contributed by atoms with Gasteiger partial charge in [-0.05, 0) is 72.9 Å². The van der Waals surface area contributed by atoms with Crippen molar-refractivity contribution in [3.05, 3.63) is 107 Å². The first-order chi connectivity index (χ1) is 18.4. The van der Waals surface area contributed by atoms with Gasteiger partial charge in [0.25, 0.3) is 5.91 Å². The lowest BCUT2D eigenvalue weighted by Gasteiger charge is -2.32. The molecule has 2 heterocycles. The Balaban J connectivity index is 1.14. The van der Waals surface area contributed by atoms with E-state index in [-0.39, 0.29) is 11.8 Å². The minimum absolute atomic E-state index is 0.0111. The zero-order chi connectivity index (χ0) is 26.6. The van der Waals surface area contributed by atoms with Crippen molar-refractivity contribution < 1.29 is 22.8 Å². The van der Waals surface area contributed by atoms with Gasteiger partial charge in [0.05, 0.1) is 6.42 Å². The highest BCUT2D eigenvalue weighted by Gasteiger charge is 2.25. The Kier molecular flexibility index (Phi) is 7.21. The van der Waals surface area contributed by atoms with Gasteiger partial charge in [-0.1, -0.05) is 12.1 Å². The van der Waals surface area contributed by atoms with Crippen molar-refractivity contribution in [2.45, 2.75) is 25.2 Å². The number of rotatable bonds is 6. The van der Waals surface area contributed by atoms with Crippen molar-refractivity contribution in [1.29, 1.82) is 0 Å². The normalized spacial score (nSPS) is 13.9. The lowest BCUT2D eigenvalue weighted by Crippen LogP contribution is -2.37. The van der Waals surface area contributed by atoms with Crippen LogP contribution in [0.1, 0.15) is 40.2 Å². The second-order valence-electron chi connectivity index (χ2n) is 9.15. The van der Waals surface area contributed by atoms with Crippen molar-refractivity contribution >= 4 is 17.5 Å². The Bertz CT molecular complexity index is 1430. The molecule has 0 saturated carbocycles. The fourth-order valence-electron chi connectivity index (χ4n) is 4.64. The molecular weight excluding hydrogens is 495 g/mol. The van der Waals surface area contributed by atoms with Gasteiger partial charge in [0.1, 0.15) is 18.5 Å². The van der Waals surface area contributed by atoms with Crippen LogP contribution in [0.15, 0.2) is 73.3 Å². The maximum Gasteiger partial charge on any atom is 0.253 e. The van der Waals surface area contributed by atoms with Crippen molar-refractivity contribution in [3.63, 3.8) is 0 Å². The number of likely N-dealkylation sites (tertiary alicyclic amines) is 1. The van der Waals surface area contributed by atoms with E-state index in [1.165, 1.54) is 0 Å². The smallest absolute Gasteiger partial charge is 0.253 e. The Morgan fingerprint density at radius 3 is 2.13 bits per heavy atom. The van der Waals surface area contributed by atoms with Gasteiger partial charge >= 0.3 is 0 Å². The number of benzene rings is 3. The molecule has 0 bridgehead atoms. The number of hydrogen-bond donors (Lipinski definition) is 1. The van der Waals surface area contributed by atoms with Crippen LogP contribution in [-0.4, -0.2) is 44.6 Å². The van der Waals surface area contributed by atoms with E-state index in [1.54, 1.807) is 41.5 Å². The maximum absolute atomic E-state index is 13.8. The monoisotopic (exact) mass is 519 g/mol. The molecule has 0 radical (unpaired) electrons. The number of aromatic nitrogens is 3. The summed E-state index contributed by atoms with van der Waals surface area (Å²) in [6, 6.07) is 16.0. The average Bonchev–Trinajstić information content (AvgIpc) is 3.49. The summed E-state index contributed by atoms with van der Waals surface area (Å²) >= 11 is 0. The summed E-state index contributed by atoms with van der Waals surface area (Å²) in [5, 5.41) is 10.2. The van der Waals surface area contributed by atoms with Crippen LogP contribution in [0.25, 0.3) is 5.69 Å². The molecule has 2 amide bonds. The second-order valence-corrected chi connectivity index (χ2v) is 9.15. The molecule has 0 aliphatic carbocycles. The molecular formula is C28H24F3N5O2. The minimum atomic E-state index is -1.36. The van der Waals surface area contributed by atoms with Gasteiger partial charge in [-0.3, -0.25) is 14.2 Å². The highest BCUT2D eigenvalue weighted by Crippen LogP contribution is 2.30. The van der Waals surface area contributed by atoms with Gasteiger partial charge in [0, 0.05) is 35.6 Å². The van der Waals surface area contributed by atoms with Crippen LogP contribution in [0.5, 0.6) is 0 Å². The molecule has 3 aromatic carbocycles. The predicted molar refractivity (Wildman–Crippen MR) is 134 cm³/mol. The van der Waals surface area contributed by atoms with E-state index >= 15 is 0 Å². The van der Waals surface area contributed by atoms with E-state index in [1.807, 2.05) is 29.2 Å². The van der Waals surface area contributed by atoms with Gasteiger partial charge in [0.2, 0.25) is 5.91 Å². The fraction of sp³-hybridized carbons (Fsp3) is 0.214. The zero-order valence-electron chi connectivity index (χ0n) is 20.3. The van der Waals surface area contributed by atoms with E-state index < -0.39 is 35.3 Å². The van der Waals surface area contributed by atoms with E-state index in [2.05, 4.69) is 15.5 Å². The van der Waals surface area contributed by atoms with Crippen molar-refractivity contribution in [1.82, 2.24) is 19.7 Å². The summed E-state index contributed by atoms with van der Waals surface area (Å²) in [5.41, 5.74) is 2.44. The molecule has 1 aromatic heterocycles. The van der Waals surface area contributed by atoms with E-state index in [0.717, 1.165) is 30.2 Å². The number of nitrogens with one attached hydrogen (secondary N) is 1. The minimum Gasteiger partial charge on any atom is -0.339 e. The first kappa shape index (κ1) is 25.2. The van der Waals surface area contributed by atoms with Crippen LogP contribution in [0.3, 0.4) is 0 Å². The maximum atomic E-state index is 13.8. The molecule has 7 nitrogen and oxygen atoms in total. The molecule has 0 unspecified atom stereocenters. The Morgan fingerprint density at radius 1 is 0.842 bits per heavy atom. The quantitative estimate of drug-likeness (QED) is 0.368. The molecule has 1 saturated heterocycles. The van der Waals surface area contributed by atoms with Gasteiger partial charge in [-0.2, -0.15) is 0 Å². The van der Waals surface area contributed by atoms with Gasteiger partial charge in [0.15, 0.2) is 11.6 Å². The number of nitrogens with zero attached hydrogens (tertiary/aromatic N) is 4. The number of carbonyl (C=O) groups is 2. The molecule has 0 spiro atoms. The molecule has 194 valence electrons. The van der Waals surface area contributed by atoms with Crippen LogP contribution in [-0.2, 0) is 11.2 Å². The number of piperidine rings is 1. The first-order valence-corrected chi connectivity index (χ1v) is 12.2. The largest absolute Gasteiger partial charge is 0.339 e. The Labute approximate surface area is 216 Å². The molecule has 1 fully saturated rings. The number of anilines is 1. The summed E-state index contributed by atoms with van der Waals surface area (Å²) in [5.74, 6) is -3.93. The summed E-state index contributed by atoms with van der Waals surface area (Å²) < 4.78 is 42.8. The lowest BCUT2D eigenvalue weighted by molar-refractivity contribution is -0.115. The third kappa shape index (κ3) is 5.44. The molecule has 1 aliphatic heterocycles. The third-order valence-corrected chi connectivity index (χ3v) is 6.76. The van der Waals surface area contributed by atoms with Crippen LogP contribution in [0.2, 0.25) is 0 Å². The molecule has 1 aliphatic rings. The molecule has 10 heteroatoms. The van der Waals surface area contributed by atoms with Gasteiger partial charge < -0.3 is 10.2 Å². The second kappa shape index (κ2) is 10.9. The summed E-state index contributed by atoms with van der Waals surface area (Å²) in [6.07, 6.45) is 4.17. The number of halogens is 3. The molecule has 5 rings (SSSR count). The average molecular weight is 520 g/mol. The SMILES string of the molecule is O=C(Cc1c(F)ccc(F)c1F)Nc1ccc(C2CCN(C(=O)c3ccc(-n4cnnc4)cc3)CC2)cc1. The topological polar surface area (TPSA) is 80.1 Å². The van der Waals surface area contributed by atoms with Crippen molar-refractivity contribution in [2.75, 3.05) is 18.4 Å². The zero-order valence-corrected chi connectivity index (χ0v) is 20.3. The predicted octanol–water partition coefficient (Wildman–Crippen LogP) is 4.89. The van der Waals surface area contributed by atoms with Crippen molar-refractivity contribution in [2.24, 2.45) is 0 Å². The third-order valence-electron chi connectivity index (χ3n) is 6.76. The van der Waals surface area contributed by atoms with Crippen LogP contribution < -0.4 is 5.32 Å². The number of amides is 2. The molecule has 1 N–H and O–H groups in total. The molecule has 38 heavy (non-hydrogen) atoms. The summed E-state index contributed by atoms with van der Waals surface area (Å²) in [4.78, 5) is 27.1. The highest BCUT2D eigenvalue weighted by molar-refractivity contribution is 5.94. The first-order valence-electron chi connectivity index (χ1n) is 12.2. The standard InChI is InChI=1S/C28H24F3N5O2/c29-24-9-10-25(30)27(31)23(24)15-26(37)34-21-5-1-18(2-6-21)19-11-13-35(14-12-19)28(38)20-3-7-22(8-4-20)36-16-32-33-17-36/h1-10,16-17,19H,11-15H2,(H,34,37). The Morgan fingerprint density at radius 2 is 1.47 bits per heavy atom. The van der Waals surface area contributed by atoms with E-state index in [9.17, 15) is 22.8 Å². The molecule has 0 atom stereocenters.